The van der Waals surface area contributed by atoms with Crippen molar-refractivity contribution in [1.82, 2.24) is 20.3 Å². The van der Waals surface area contributed by atoms with E-state index in [1.54, 1.807) is 48.9 Å². The van der Waals surface area contributed by atoms with Crippen molar-refractivity contribution in [2.24, 2.45) is 0 Å². The summed E-state index contributed by atoms with van der Waals surface area (Å²) in [7, 11) is 1.76. The molecule has 1 fully saturated rings. The van der Waals surface area contributed by atoms with Crippen LogP contribution < -0.4 is 25.6 Å². The van der Waals surface area contributed by atoms with Gasteiger partial charge in [-0.2, -0.15) is 0 Å². The van der Waals surface area contributed by atoms with Crippen molar-refractivity contribution >= 4 is 33.9 Å². The molecule has 0 bridgehead atoms. The van der Waals surface area contributed by atoms with Crippen LogP contribution in [0, 0.1) is 5.82 Å². The molecule has 10 heteroatoms. The summed E-state index contributed by atoms with van der Waals surface area (Å²) in [4.78, 5) is 30.4. The lowest BCUT2D eigenvalue weighted by atomic mass is 9.73. The molecule has 0 saturated carbocycles. The first-order valence-electron chi connectivity index (χ1n) is 13.0. The van der Waals surface area contributed by atoms with Gasteiger partial charge in [-0.15, -0.1) is 0 Å². The molecule has 1 spiro atoms. The molecular weight excluding hydrogens is 497 g/mol. The van der Waals surface area contributed by atoms with Crippen LogP contribution in [-0.4, -0.2) is 60.2 Å². The van der Waals surface area contributed by atoms with Gasteiger partial charge in [-0.1, -0.05) is 13.8 Å². The monoisotopic (exact) mass is 527 g/mol. The molecule has 4 aromatic rings. The lowest BCUT2D eigenvalue weighted by Gasteiger charge is -2.48. The summed E-state index contributed by atoms with van der Waals surface area (Å²) >= 11 is 0. The molecule has 6 rings (SSSR count). The zero-order valence-electron chi connectivity index (χ0n) is 22.1. The summed E-state index contributed by atoms with van der Waals surface area (Å²) in [6, 6.07) is 9.05. The van der Waals surface area contributed by atoms with E-state index >= 15 is 4.39 Å². The van der Waals surface area contributed by atoms with Gasteiger partial charge in [0.05, 0.1) is 35.0 Å². The van der Waals surface area contributed by atoms with Gasteiger partial charge in [0.1, 0.15) is 17.8 Å². The molecule has 2 aliphatic rings. The molecule has 0 atom stereocenters. The number of nitrogens with two attached hydrogens (primary N) is 1. The largest absolute Gasteiger partial charge is 0.475 e. The van der Waals surface area contributed by atoms with Crippen molar-refractivity contribution in [3.05, 3.63) is 66.5 Å². The molecular formula is C29H30FN7O2. The van der Waals surface area contributed by atoms with E-state index in [9.17, 15) is 4.79 Å². The molecule has 1 aromatic carbocycles. The zero-order chi connectivity index (χ0) is 27.3. The number of hydrogen-bond donors (Lipinski definition) is 2. The summed E-state index contributed by atoms with van der Waals surface area (Å²) in [5.41, 5.74) is 9.75. The Balaban J connectivity index is 1.37. The van der Waals surface area contributed by atoms with Crippen molar-refractivity contribution in [1.29, 1.82) is 0 Å². The molecule has 3 aromatic heterocycles. The second-order valence-electron chi connectivity index (χ2n) is 10.5. The number of halogens is 1. The van der Waals surface area contributed by atoms with Gasteiger partial charge in [0.2, 0.25) is 11.8 Å². The van der Waals surface area contributed by atoms with Gasteiger partial charge in [-0.05, 0) is 24.3 Å². The molecule has 0 radical (unpaired) electrons. The zero-order valence-corrected chi connectivity index (χ0v) is 22.1. The predicted molar refractivity (Wildman–Crippen MR) is 150 cm³/mol. The molecule has 3 N–H and O–H groups in total. The lowest BCUT2D eigenvalue weighted by Crippen LogP contribution is -2.64. The quantitative estimate of drug-likeness (QED) is 0.352. The maximum absolute atomic E-state index is 15.4. The summed E-state index contributed by atoms with van der Waals surface area (Å²) < 4.78 is 21.1. The average molecular weight is 528 g/mol. The third-order valence-electron chi connectivity index (χ3n) is 7.51. The van der Waals surface area contributed by atoms with Crippen LogP contribution in [0.15, 0.2) is 55.1 Å². The number of nitrogens with zero attached hydrogens (tertiary/aromatic N) is 5. The third-order valence-corrected chi connectivity index (χ3v) is 7.51. The number of nitrogen functional groups attached to an aromatic ring is 1. The number of ether oxygens (including phenoxy) is 1. The third kappa shape index (κ3) is 4.11. The molecule has 9 nitrogen and oxygen atoms in total. The van der Waals surface area contributed by atoms with E-state index in [1.165, 1.54) is 6.07 Å². The number of aromatic nitrogens is 3. The second-order valence-corrected chi connectivity index (χ2v) is 10.5. The molecule has 5 heterocycles. The highest BCUT2D eigenvalue weighted by Crippen LogP contribution is 2.51. The summed E-state index contributed by atoms with van der Waals surface area (Å²) in [6.07, 6.45) is 6.74. The minimum Gasteiger partial charge on any atom is -0.475 e. The second kappa shape index (κ2) is 9.46. The number of amides is 1. The van der Waals surface area contributed by atoms with Gasteiger partial charge in [0.25, 0.3) is 0 Å². The Morgan fingerprint density at radius 1 is 1.18 bits per heavy atom. The number of benzene rings is 1. The summed E-state index contributed by atoms with van der Waals surface area (Å²) in [6.45, 7) is 6.20. The molecule has 39 heavy (non-hydrogen) atoms. The molecule has 0 unspecified atom stereocenters. The van der Waals surface area contributed by atoms with E-state index in [0.29, 0.717) is 60.5 Å². The van der Waals surface area contributed by atoms with Crippen molar-refractivity contribution < 1.29 is 13.9 Å². The number of likely N-dealkylation sites (N-methyl/N-ethyl adjacent to an activating group) is 1. The number of nitrogens with one attached hydrogen (secondary N) is 1. The highest BCUT2D eigenvalue weighted by molar-refractivity contribution is 6.14. The predicted octanol–water partition coefficient (Wildman–Crippen LogP) is 3.52. The number of rotatable bonds is 7. The first-order valence-corrected chi connectivity index (χ1v) is 13.0. The molecule has 2 aliphatic heterocycles. The Morgan fingerprint density at radius 3 is 2.72 bits per heavy atom. The normalized spacial score (nSPS) is 15.8. The SMILES string of the molecule is CC(C)NCCOc1ncc(-c2cc3c4c(cnc3cc2F)N(C)C(=O)C42CN(c3cccnc3)C2)cc1N. The number of fused-ring (bicyclic) bond motifs is 4. The van der Waals surface area contributed by atoms with E-state index < -0.39 is 11.2 Å². The van der Waals surface area contributed by atoms with Crippen LogP contribution in [0.3, 0.4) is 0 Å². The van der Waals surface area contributed by atoms with E-state index in [0.717, 1.165) is 22.3 Å². The maximum Gasteiger partial charge on any atom is 0.241 e. The van der Waals surface area contributed by atoms with Crippen molar-refractivity contribution in [3.63, 3.8) is 0 Å². The first kappa shape index (κ1) is 25.0. The van der Waals surface area contributed by atoms with Crippen LogP contribution >= 0.6 is 0 Å². The van der Waals surface area contributed by atoms with Crippen LogP contribution in [0.1, 0.15) is 19.4 Å². The average Bonchev–Trinajstić information content (AvgIpc) is 3.13. The Kier molecular flexibility index (Phi) is 6.06. The van der Waals surface area contributed by atoms with E-state index in [2.05, 4.69) is 39.0 Å². The molecule has 1 saturated heterocycles. The van der Waals surface area contributed by atoms with Crippen LogP contribution in [0.5, 0.6) is 5.88 Å². The van der Waals surface area contributed by atoms with Crippen LogP contribution in [-0.2, 0) is 10.2 Å². The van der Waals surface area contributed by atoms with Crippen LogP contribution in [0.4, 0.5) is 21.5 Å². The fourth-order valence-corrected chi connectivity index (χ4v) is 5.57. The van der Waals surface area contributed by atoms with Crippen LogP contribution in [0.2, 0.25) is 0 Å². The van der Waals surface area contributed by atoms with Crippen molar-refractivity contribution in [2.45, 2.75) is 25.3 Å². The highest BCUT2D eigenvalue weighted by atomic mass is 19.1. The number of hydrogen-bond acceptors (Lipinski definition) is 8. The van der Waals surface area contributed by atoms with Crippen LogP contribution in [0.25, 0.3) is 22.0 Å². The van der Waals surface area contributed by atoms with Gasteiger partial charge >= 0.3 is 0 Å². The van der Waals surface area contributed by atoms with E-state index in [1.807, 2.05) is 12.1 Å². The minimum atomic E-state index is -0.741. The number of anilines is 3. The van der Waals surface area contributed by atoms with Gasteiger partial charge in [-0.3, -0.25) is 14.8 Å². The van der Waals surface area contributed by atoms with Gasteiger partial charge in [-0.25, -0.2) is 9.37 Å². The number of carbonyl (C=O) groups is 1. The van der Waals surface area contributed by atoms with Gasteiger partial charge in [0.15, 0.2) is 0 Å². The highest BCUT2D eigenvalue weighted by Gasteiger charge is 2.58. The van der Waals surface area contributed by atoms with E-state index in [-0.39, 0.29) is 5.91 Å². The standard InChI is InChI=1S/C29H30FN7O2/c1-17(2)33-7-8-39-27-23(31)9-18(12-35-27)20-10-21-24(11-22(20)30)34-14-25-26(21)29(28(38)36(25)3)15-37(16-29)19-5-4-6-32-13-19/h4-6,9-14,17,33H,7-8,15-16,31H2,1-3H3. The number of carbonyl (C=O) groups excluding carboxylic acids is 1. The Morgan fingerprint density at radius 2 is 2.00 bits per heavy atom. The van der Waals surface area contributed by atoms with Crippen molar-refractivity contribution in [3.8, 4) is 17.0 Å². The Bertz CT molecular complexity index is 1570. The minimum absolute atomic E-state index is 0.0113. The molecule has 1 amide bonds. The maximum atomic E-state index is 15.4. The summed E-state index contributed by atoms with van der Waals surface area (Å²) in [5.74, 6) is -0.121. The lowest BCUT2D eigenvalue weighted by molar-refractivity contribution is -0.123. The smallest absolute Gasteiger partial charge is 0.241 e. The molecule has 0 aliphatic carbocycles. The van der Waals surface area contributed by atoms with Gasteiger partial charge < -0.3 is 25.6 Å². The molecule has 200 valence electrons. The summed E-state index contributed by atoms with van der Waals surface area (Å²) in [5, 5.41) is 4.01. The first-order chi connectivity index (χ1) is 18.8. The fraction of sp³-hybridized carbons (Fsp3) is 0.310. The van der Waals surface area contributed by atoms with Crippen molar-refractivity contribution in [2.75, 3.05) is 48.8 Å². The fourth-order valence-electron chi connectivity index (χ4n) is 5.57. The Labute approximate surface area is 225 Å². The topological polar surface area (TPSA) is 109 Å². The van der Waals surface area contributed by atoms with E-state index in [4.69, 9.17) is 10.5 Å². The Hall–Kier alpha value is -4.31. The van der Waals surface area contributed by atoms with Gasteiger partial charge in [0, 0.05) is 73.3 Å². The number of pyridine rings is 3.